The zero-order valence-electron chi connectivity index (χ0n) is 16.5. The second-order valence-corrected chi connectivity index (χ2v) is 7.03. The number of allylic oxidation sites excluding steroid dienone is 2. The van der Waals surface area contributed by atoms with Gasteiger partial charge in [0, 0.05) is 6.61 Å². The number of ether oxygens (including phenoxy) is 1. The van der Waals surface area contributed by atoms with E-state index in [-0.39, 0.29) is 0 Å². The first-order chi connectivity index (χ1) is 11.3. The lowest BCUT2D eigenvalue weighted by Crippen LogP contribution is -2.07. The van der Waals surface area contributed by atoms with Gasteiger partial charge in [0.05, 0.1) is 6.10 Å². The molecule has 0 rings (SSSR count). The third-order valence-electron chi connectivity index (χ3n) is 4.63. The van der Waals surface area contributed by atoms with Crippen molar-refractivity contribution in [1.29, 1.82) is 0 Å². The molecule has 0 aliphatic rings. The first kappa shape index (κ1) is 22.7. The van der Waals surface area contributed by atoms with Crippen molar-refractivity contribution in [3.8, 4) is 0 Å². The Labute approximate surface area is 147 Å². The van der Waals surface area contributed by atoms with Crippen molar-refractivity contribution in [2.24, 2.45) is 0 Å². The van der Waals surface area contributed by atoms with Crippen LogP contribution in [0.4, 0.5) is 0 Å². The maximum Gasteiger partial charge on any atom is 0.0544 e. The lowest BCUT2D eigenvalue weighted by molar-refractivity contribution is 0.0608. The summed E-state index contributed by atoms with van der Waals surface area (Å²) in [5.74, 6) is 0. The van der Waals surface area contributed by atoms with E-state index in [1.54, 1.807) is 0 Å². The fourth-order valence-electron chi connectivity index (χ4n) is 2.75. The summed E-state index contributed by atoms with van der Waals surface area (Å²) < 4.78 is 5.70. The summed E-state index contributed by atoms with van der Waals surface area (Å²) in [5, 5.41) is 0. The minimum Gasteiger partial charge on any atom is -0.379 e. The molecule has 0 spiro atoms. The molecule has 0 aromatic carbocycles. The van der Waals surface area contributed by atoms with E-state index < -0.39 is 0 Å². The van der Waals surface area contributed by atoms with Crippen LogP contribution in [0.5, 0.6) is 0 Å². The average Bonchev–Trinajstić information content (AvgIpc) is 2.57. The Morgan fingerprint density at radius 1 is 0.652 bits per heavy atom. The Balaban J connectivity index is 3.08. The SMILES string of the molecule is CCCCCCCCC=CCCCCCCCCOC(C)CC. The molecular formula is C22H44O. The van der Waals surface area contributed by atoms with Crippen LogP contribution in [0.25, 0.3) is 0 Å². The van der Waals surface area contributed by atoms with Gasteiger partial charge in [0.1, 0.15) is 0 Å². The van der Waals surface area contributed by atoms with Crippen molar-refractivity contribution in [3.05, 3.63) is 12.2 Å². The molecular weight excluding hydrogens is 280 g/mol. The second-order valence-electron chi connectivity index (χ2n) is 7.03. The van der Waals surface area contributed by atoms with Crippen LogP contribution < -0.4 is 0 Å². The summed E-state index contributed by atoms with van der Waals surface area (Å²) >= 11 is 0. The summed E-state index contributed by atoms with van der Waals surface area (Å²) in [6, 6.07) is 0. The molecule has 0 saturated heterocycles. The maximum absolute atomic E-state index is 5.70. The zero-order chi connectivity index (χ0) is 17.0. The summed E-state index contributed by atoms with van der Waals surface area (Å²) in [6.07, 6.45) is 25.5. The highest BCUT2D eigenvalue weighted by atomic mass is 16.5. The Kier molecular flexibility index (Phi) is 19.5. The largest absolute Gasteiger partial charge is 0.379 e. The van der Waals surface area contributed by atoms with Gasteiger partial charge in [-0.1, -0.05) is 83.8 Å². The molecule has 1 atom stereocenters. The van der Waals surface area contributed by atoms with Crippen LogP contribution in [0.15, 0.2) is 12.2 Å². The third-order valence-corrected chi connectivity index (χ3v) is 4.63. The van der Waals surface area contributed by atoms with E-state index in [1.165, 1.54) is 89.9 Å². The number of rotatable bonds is 18. The van der Waals surface area contributed by atoms with E-state index >= 15 is 0 Å². The molecule has 0 aliphatic heterocycles. The summed E-state index contributed by atoms with van der Waals surface area (Å²) in [4.78, 5) is 0. The first-order valence-electron chi connectivity index (χ1n) is 10.6. The molecule has 0 radical (unpaired) electrons. The molecule has 1 nitrogen and oxygen atoms in total. The van der Waals surface area contributed by atoms with E-state index in [4.69, 9.17) is 4.74 Å². The van der Waals surface area contributed by atoms with Crippen LogP contribution in [0, 0.1) is 0 Å². The van der Waals surface area contributed by atoms with Gasteiger partial charge in [-0.25, -0.2) is 0 Å². The van der Waals surface area contributed by atoms with Crippen LogP contribution >= 0.6 is 0 Å². The highest BCUT2D eigenvalue weighted by Crippen LogP contribution is 2.10. The average molecular weight is 325 g/mol. The molecule has 1 heteroatoms. The van der Waals surface area contributed by atoms with Gasteiger partial charge in [0.2, 0.25) is 0 Å². The van der Waals surface area contributed by atoms with Gasteiger partial charge < -0.3 is 4.74 Å². The zero-order valence-corrected chi connectivity index (χ0v) is 16.5. The molecule has 0 bridgehead atoms. The van der Waals surface area contributed by atoms with Crippen LogP contribution in [0.2, 0.25) is 0 Å². The normalized spacial score (nSPS) is 13.0. The van der Waals surface area contributed by atoms with E-state index in [0.717, 1.165) is 13.0 Å². The predicted molar refractivity (Wildman–Crippen MR) is 105 cm³/mol. The molecule has 1 unspecified atom stereocenters. The van der Waals surface area contributed by atoms with E-state index in [1.807, 2.05) is 0 Å². The minimum atomic E-state index is 0.443. The monoisotopic (exact) mass is 324 g/mol. The van der Waals surface area contributed by atoms with Crippen molar-refractivity contribution in [2.45, 2.75) is 123 Å². The van der Waals surface area contributed by atoms with Gasteiger partial charge in [0.15, 0.2) is 0 Å². The lowest BCUT2D eigenvalue weighted by atomic mass is 10.1. The van der Waals surface area contributed by atoms with Gasteiger partial charge in [0.25, 0.3) is 0 Å². The third kappa shape index (κ3) is 19.7. The fraction of sp³-hybridized carbons (Fsp3) is 0.909. The Morgan fingerprint density at radius 3 is 1.65 bits per heavy atom. The van der Waals surface area contributed by atoms with Crippen molar-refractivity contribution >= 4 is 0 Å². The Bertz CT molecular complexity index is 234. The molecule has 0 aromatic heterocycles. The van der Waals surface area contributed by atoms with Crippen LogP contribution in [0.1, 0.15) is 117 Å². The predicted octanol–water partition coefficient (Wildman–Crippen LogP) is 7.84. The molecule has 0 amide bonds. The topological polar surface area (TPSA) is 9.23 Å². The summed E-state index contributed by atoms with van der Waals surface area (Å²) in [5.41, 5.74) is 0. The van der Waals surface area contributed by atoms with Gasteiger partial charge in [-0.3, -0.25) is 0 Å². The quantitative estimate of drug-likeness (QED) is 0.184. The second kappa shape index (κ2) is 19.7. The highest BCUT2D eigenvalue weighted by Gasteiger charge is 1.97. The van der Waals surface area contributed by atoms with Crippen molar-refractivity contribution in [3.63, 3.8) is 0 Å². The molecule has 138 valence electrons. The van der Waals surface area contributed by atoms with Gasteiger partial charge >= 0.3 is 0 Å². The van der Waals surface area contributed by atoms with Crippen molar-refractivity contribution < 1.29 is 4.74 Å². The molecule has 0 N–H and O–H groups in total. The van der Waals surface area contributed by atoms with Crippen molar-refractivity contribution in [2.75, 3.05) is 6.61 Å². The Morgan fingerprint density at radius 2 is 1.13 bits per heavy atom. The molecule has 23 heavy (non-hydrogen) atoms. The standard InChI is InChI=1S/C22H44O/c1-4-6-7-8-9-10-11-12-13-14-15-16-17-18-19-20-21-23-22(3)5-2/h12-13,22H,4-11,14-21H2,1-3H3. The van der Waals surface area contributed by atoms with Crippen molar-refractivity contribution in [1.82, 2.24) is 0 Å². The van der Waals surface area contributed by atoms with E-state index in [0.29, 0.717) is 6.10 Å². The number of hydrogen-bond acceptors (Lipinski definition) is 1. The molecule has 0 saturated carbocycles. The van der Waals surface area contributed by atoms with Crippen LogP contribution in [-0.4, -0.2) is 12.7 Å². The van der Waals surface area contributed by atoms with E-state index in [9.17, 15) is 0 Å². The summed E-state index contributed by atoms with van der Waals surface area (Å²) in [7, 11) is 0. The molecule has 0 aliphatic carbocycles. The molecule has 0 heterocycles. The van der Waals surface area contributed by atoms with Gasteiger partial charge in [-0.15, -0.1) is 0 Å². The smallest absolute Gasteiger partial charge is 0.0544 e. The summed E-state index contributed by atoms with van der Waals surface area (Å²) in [6.45, 7) is 7.59. The number of unbranched alkanes of at least 4 members (excludes halogenated alkanes) is 12. The highest BCUT2D eigenvalue weighted by molar-refractivity contribution is 4.81. The van der Waals surface area contributed by atoms with Crippen LogP contribution in [-0.2, 0) is 4.74 Å². The maximum atomic E-state index is 5.70. The van der Waals surface area contributed by atoms with E-state index in [2.05, 4.69) is 32.9 Å². The first-order valence-corrected chi connectivity index (χ1v) is 10.6. The number of hydrogen-bond donors (Lipinski definition) is 0. The van der Waals surface area contributed by atoms with Gasteiger partial charge in [-0.05, 0) is 45.4 Å². The van der Waals surface area contributed by atoms with Crippen LogP contribution in [0.3, 0.4) is 0 Å². The minimum absolute atomic E-state index is 0.443. The molecule has 0 fully saturated rings. The van der Waals surface area contributed by atoms with Gasteiger partial charge in [-0.2, -0.15) is 0 Å². The molecule has 0 aromatic rings. The Hall–Kier alpha value is -0.300. The lowest BCUT2D eigenvalue weighted by Gasteiger charge is -2.09. The fourth-order valence-corrected chi connectivity index (χ4v) is 2.75.